The van der Waals surface area contributed by atoms with Gasteiger partial charge in [-0.1, -0.05) is 26.7 Å². The van der Waals surface area contributed by atoms with E-state index in [9.17, 15) is 0 Å². The van der Waals surface area contributed by atoms with Gasteiger partial charge in [-0.25, -0.2) is 0 Å². The van der Waals surface area contributed by atoms with E-state index in [1.165, 1.54) is 24.8 Å². The molecule has 1 N–H and O–H groups in total. The van der Waals surface area contributed by atoms with Crippen molar-refractivity contribution in [2.24, 2.45) is 13.0 Å². The number of nitrogens with zero attached hydrogens (tertiary/aromatic N) is 2. The Morgan fingerprint density at radius 3 is 2.62 bits per heavy atom. The van der Waals surface area contributed by atoms with Gasteiger partial charge in [0.15, 0.2) is 0 Å². The Balaban J connectivity index is 2.12. The maximum absolute atomic E-state index is 4.16. The van der Waals surface area contributed by atoms with Gasteiger partial charge in [0.2, 0.25) is 0 Å². The molecule has 92 valence electrons. The number of hydrogen-bond acceptors (Lipinski definition) is 2. The van der Waals surface area contributed by atoms with E-state index in [0.29, 0.717) is 6.04 Å². The van der Waals surface area contributed by atoms with E-state index in [4.69, 9.17) is 0 Å². The van der Waals surface area contributed by atoms with Crippen molar-refractivity contribution in [1.82, 2.24) is 15.1 Å². The molecule has 0 saturated heterocycles. The van der Waals surface area contributed by atoms with Gasteiger partial charge in [0, 0.05) is 31.4 Å². The normalized spacial score (nSPS) is 13.3. The predicted molar refractivity (Wildman–Crippen MR) is 68.2 cm³/mol. The summed E-state index contributed by atoms with van der Waals surface area (Å²) >= 11 is 0. The van der Waals surface area contributed by atoms with Gasteiger partial charge < -0.3 is 5.32 Å². The van der Waals surface area contributed by atoms with E-state index in [1.807, 2.05) is 17.9 Å². The quantitative estimate of drug-likeness (QED) is 0.770. The molecule has 3 nitrogen and oxygen atoms in total. The minimum atomic E-state index is 0.596. The lowest BCUT2D eigenvalue weighted by Crippen LogP contribution is -2.25. The smallest absolute Gasteiger partial charge is 0.0534 e. The molecule has 1 aromatic rings. The highest BCUT2D eigenvalue weighted by Crippen LogP contribution is 2.08. The summed E-state index contributed by atoms with van der Waals surface area (Å²) in [5.41, 5.74) is 1.26. The molecule has 0 radical (unpaired) electrons. The highest BCUT2D eigenvalue weighted by atomic mass is 15.2. The van der Waals surface area contributed by atoms with Crippen LogP contribution in [0.4, 0.5) is 0 Å². The molecule has 0 fully saturated rings. The fourth-order valence-corrected chi connectivity index (χ4v) is 1.79. The van der Waals surface area contributed by atoms with Gasteiger partial charge in [0.05, 0.1) is 6.20 Å². The van der Waals surface area contributed by atoms with Crippen LogP contribution in [0.25, 0.3) is 0 Å². The maximum atomic E-state index is 4.16. The van der Waals surface area contributed by atoms with Crippen molar-refractivity contribution in [1.29, 1.82) is 0 Å². The first-order valence-electron chi connectivity index (χ1n) is 6.29. The fourth-order valence-electron chi connectivity index (χ4n) is 1.79. The molecule has 3 heteroatoms. The molecule has 0 spiro atoms. The van der Waals surface area contributed by atoms with E-state index >= 15 is 0 Å². The van der Waals surface area contributed by atoms with Gasteiger partial charge in [-0.15, -0.1) is 0 Å². The van der Waals surface area contributed by atoms with Crippen LogP contribution in [0, 0.1) is 5.92 Å². The second-order valence-corrected chi connectivity index (χ2v) is 5.13. The van der Waals surface area contributed by atoms with Crippen LogP contribution in [0.5, 0.6) is 0 Å². The molecule has 1 aromatic heterocycles. The maximum Gasteiger partial charge on any atom is 0.0534 e. The van der Waals surface area contributed by atoms with Crippen molar-refractivity contribution < 1.29 is 0 Å². The fraction of sp³-hybridized carbons (Fsp3) is 0.769. The summed E-state index contributed by atoms with van der Waals surface area (Å²) in [6.45, 7) is 7.76. The third kappa shape index (κ3) is 5.31. The highest BCUT2D eigenvalue weighted by molar-refractivity contribution is 5.02. The van der Waals surface area contributed by atoms with Gasteiger partial charge >= 0.3 is 0 Å². The van der Waals surface area contributed by atoms with E-state index in [0.717, 1.165) is 12.5 Å². The molecular weight excluding hydrogens is 198 g/mol. The Hall–Kier alpha value is -0.830. The highest BCUT2D eigenvalue weighted by Gasteiger charge is 2.03. The SMILES string of the molecule is CC(C)CCCC(C)NCc1cnn(C)c1. The number of rotatable bonds is 7. The lowest BCUT2D eigenvalue weighted by Gasteiger charge is -2.13. The van der Waals surface area contributed by atoms with Gasteiger partial charge in [-0.05, 0) is 19.3 Å². The van der Waals surface area contributed by atoms with Crippen LogP contribution in [-0.2, 0) is 13.6 Å². The molecule has 0 aliphatic heterocycles. The average molecular weight is 223 g/mol. The van der Waals surface area contributed by atoms with E-state index in [1.54, 1.807) is 0 Å². The molecule has 0 saturated carbocycles. The molecule has 0 bridgehead atoms. The van der Waals surface area contributed by atoms with Gasteiger partial charge in [0.1, 0.15) is 0 Å². The van der Waals surface area contributed by atoms with Crippen molar-refractivity contribution in [2.75, 3.05) is 0 Å². The standard InChI is InChI=1S/C13H25N3/c1-11(2)6-5-7-12(3)14-8-13-9-15-16(4)10-13/h9-12,14H,5-8H2,1-4H3. The minimum Gasteiger partial charge on any atom is -0.310 e. The van der Waals surface area contributed by atoms with Gasteiger partial charge in [-0.2, -0.15) is 5.10 Å². The Kier molecular flexibility index (Phi) is 5.53. The second-order valence-electron chi connectivity index (χ2n) is 5.13. The van der Waals surface area contributed by atoms with Crippen LogP contribution < -0.4 is 5.32 Å². The minimum absolute atomic E-state index is 0.596. The molecule has 1 heterocycles. The molecule has 1 unspecified atom stereocenters. The molecular formula is C13H25N3. The zero-order valence-electron chi connectivity index (χ0n) is 11.0. The van der Waals surface area contributed by atoms with Crippen LogP contribution >= 0.6 is 0 Å². The molecule has 16 heavy (non-hydrogen) atoms. The zero-order valence-corrected chi connectivity index (χ0v) is 11.0. The predicted octanol–water partition coefficient (Wildman–Crippen LogP) is 2.72. The third-order valence-electron chi connectivity index (χ3n) is 2.83. The first-order valence-corrected chi connectivity index (χ1v) is 6.29. The van der Waals surface area contributed by atoms with Gasteiger partial charge in [-0.3, -0.25) is 4.68 Å². The van der Waals surface area contributed by atoms with Crippen LogP contribution in [-0.4, -0.2) is 15.8 Å². The summed E-state index contributed by atoms with van der Waals surface area (Å²) < 4.78 is 1.85. The molecule has 0 aromatic carbocycles. The lowest BCUT2D eigenvalue weighted by atomic mass is 10.0. The Morgan fingerprint density at radius 1 is 1.31 bits per heavy atom. The van der Waals surface area contributed by atoms with E-state index < -0.39 is 0 Å². The van der Waals surface area contributed by atoms with Crippen LogP contribution in [0.3, 0.4) is 0 Å². The number of hydrogen-bond donors (Lipinski definition) is 1. The topological polar surface area (TPSA) is 29.9 Å². The van der Waals surface area contributed by atoms with Crippen molar-refractivity contribution in [3.8, 4) is 0 Å². The summed E-state index contributed by atoms with van der Waals surface area (Å²) in [7, 11) is 1.95. The number of nitrogens with one attached hydrogen (secondary N) is 1. The van der Waals surface area contributed by atoms with Crippen LogP contribution in [0.15, 0.2) is 12.4 Å². The molecule has 1 rings (SSSR count). The molecule has 0 amide bonds. The lowest BCUT2D eigenvalue weighted by molar-refractivity contribution is 0.457. The van der Waals surface area contributed by atoms with Crippen LogP contribution in [0.2, 0.25) is 0 Å². The number of aryl methyl sites for hydroxylation is 1. The summed E-state index contributed by atoms with van der Waals surface area (Å²) in [5.74, 6) is 0.825. The molecule has 0 aliphatic rings. The Labute approximate surface area is 99.2 Å². The van der Waals surface area contributed by atoms with Crippen LogP contribution in [0.1, 0.15) is 45.6 Å². The summed E-state index contributed by atoms with van der Waals surface area (Å²) in [6, 6.07) is 0.596. The van der Waals surface area contributed by atoms with Gasteiger partial charge in [0.25, 0.3) is 0 Å². The van der Waals surface area contributed by atoms with E-state index in [-0.39, 0.29) is 0 Å². The molecule has 0 aliphatic carbocycles. The summed E-state index contributed by atoms with van der Waals surface area (Å²) in [4.78, 5) is 0. The van der Waals surface area contributed by atoms with Crippen molar-refractivity contribution in [2.45, 2.75) is 52.6 Å². The molecule has 1 atom stereocenters. The first kappa shape index (κ1) is 13.2. The first-order chi connectivity index (χ1) is 7.58. The Bertz CT molecular complexity index is 291. The summed E-state index contributed by atoms with van der Waals surface area (Å²) in [5, 5.41) is 7.69. The monoisotopic (exact) mass is 223 g/mol. The largest absolute Gasteiger partial charge is 0.310 e. The van der Waals surface area contributed by atoms with Crippen molar-refractivity contribution in [3.05, 3.63) is 18.0 Å². The Morgan fingerprint density at radius 2 is 2.06 bits per heavy atom. The second kappa shape index (κ2) is 6.69. The third-order valence-corrected chi connectivity index (χ3v) is 2.83. The summed E-state index contributed by atoms with van der Waals surface area (Å²) in [6.07, 6.45) is 7.90. The van der Waals surface area contributed by atoms with Crippen molar-refractivity contribution in [3.63, 3.8) is 0 Å². The average Bonchev–Trinajstić information content (AvgIpc) is 2.61. The van der Waals surface area contributed by atoms with Crippen molar-refractivity contribution >= 4 is 0 Å². The zero-order chi connectivity index (χ0) is 12.0. The number of aromatic nitrogens is 2. The van der Waals surface area contributed by atoms with E-state index in [2.05, 4.69) is 37.4 Å².